The molecule has 98 valence electrons. The van der Waals surface area contributed by atoms with E-state index in [0.29, 0.717) is 24.2 Å². The van der Waals surface area contributed by atoms with Gasteiger partial charge >= 0.3 is 0 Å². The van der Waals surface area contributed by atoms with E-state index in [1.165, 1.54) is 18.2 Å². The molecule has 0 bridgehead atoms. The molecule has 0 heterocycles. The van der Waals surface area contributed by atoms with Crippen molar-refractivity contribution in [2.24, 2.45) is 0 Å². The van der Waals surface area contributed by atoms with Crippen molar-refractivity contribution >= 4 is 0 Å². The molecule has 0 radical (unpaired) electrons. The lowest BCUT2D eigenvalue weighted by atomic mass is 10.1. The molecule has 0 saturated heterocycles. The van der Waals surface area contributed by atoms with Crippen LogP contribution in [0.5, 0.6) is 0 Å². The summed E-state index contributed by atoms with van der Waals surface area (Å²) in [5, 5.41) is 11.7. The zero-order chi connectivity index (χ0) is 13.4. The van der Waals surface area contributed by atoms with Crippen LogP contribution < -0.4 is 5.32 Å². The van der Waals surface area contributed by atoms with Gasteiger partial charge in [-0.2, -0.15) is 5.26 Å². The molecule has 0 aliphatic carbocycles. The number of hydrogen-bond donors (Lipinski definition) is 1. The number of halogens is 3. The predicted molar refractivity (Wildman–Crippen MR) is 59.6 cm³/mol. The van der Waals surface area contributed by atoms with E-state index in [9.17, 15) is 13.2 Å². The fourth-order valence-corrected chi connectivity index (χ4v) is 1.36. The minimum atomic E-state index is -2.47. The van der Waals surface area contributed by atoms with Crippen molar-refractivity contribution in [3.05, 3.63) is 35.1 Å². The molecule has 3 nitrogen and oxygen atoms in total. The van der Waals surface area contributed by atoms with Crippen molar-refractivity contribution in [2.75, 3.05) is 19.8 Å². The van der Waals surface area contributed by atoms with E-state index in [2.05, 4.69) is 10.1 Å². The summed E-state index contributed by atoms with van der Waals surface area (Å²) >= 11 is 0. The lowest BCUT2D eigenvalue weighted by Gasteiger charge is -2.07. The fourth-order valence-electron chi connectivity index (χ4n) is 1.36. The van der Waals surface area contributed by atoms with Gasteiger partial charge in [-0.1, -0.05) is 0 Å². The summed E-state index contributed by atoms with van der Waals surface area (Å²) in [6.07, 6.45) is -2.47. The summed E-state index contributed by atoms with van der Waals surface area (Å²) in [6.45, 7) is 0.194. The number of benzene rings is 1. The number of ether oxygens (including phenoxy) is 1. The van der Waals surface area contributed by atoms with Gasteiger partial charge in [-0.25, -0.2) is 13.2 Å². The van der Waals surface area contributed by atoms with E-state index < -0.39 is 18.8 Å². The van der Waals surface area contributed by atoms with Crippen molar-refractivity contribution in [2.45, 2.75) is 13.0 Å². The van der Waals surface area contributed by atoms with Gasteiger partial charge in [0.1, 0.15) is 12.4 Å². The van der Waals surface area contributed by atoms with Crippen LogP contribution >= 0.6 is 0 Å². The summed E-state index contributed by atoms with van der Waals surface area (Å²) in [7, 11) is 0. The highest BCUT2D eigenvalue weighted by molar-refractivity contribution is 5.37. The molecule has 0 aliphatic rings. The predicted octanol–water partition coefficient (Wildman–Crippen LogP) is 2.07. The molecule has 1 aromatic carbocycles. The van der Waals surface area contributed by atoms with Crippen LogP contribution in [0.15, 0.2) is 18.2 Å². The molecule has 1 N–H and O–H groups in total. The molecule has 18 heavy (non-hydrogen) atoms. The topological polar surface area (TPSA) is 45.0 Å². The van der Waals surface area contributed by atoms with Crippen LogP contribution in [0, 0.1) is 17.1 Å². The van der Waals surface area contributed by atoms with Gasteiger partial charge < -0.3 is 10.1 Å². The highest BCUT2D eigenvalue weighted by atomic mass is 19.3. The molecule has 0 fully saturated rings. The molecule has 0 atom stereocenters. The summed E-state index contributed by atoms with van der Waals surface area (Å²) in [4.78, 5) is 0. The maximum Gasteiger partial charge on any atom is 0.261 e. The third kappa shape index (κ3) is 5.17. The average molecular weight is 258 g/mol. The lowest BCUT2D eigenvalue weighted by Crippen LogP contribution is -2.21. The Morgan fingerprint density at radius 1 is 1.39 bits per heavy atom. The van der Waals surface area contributed by atoms with E-state index in [4.69, 9.17) is 5.26 Å². The van der Waals surface area contributed by atoms with Crippen molar-refractivity contribution in [1.29, 1.82) is 5.26 Å². The van der Waals surface area contributed by atoms with Crippen LogP contribution in [0.3, 0.4) is 0 Å². The Bertz CT molecular complexity index is 418. The highest BCUT2D eigenvalue weighted by Gasteiger charge is 2.04. The Labute approximate surface area is 103 Å². The first kappa shape index (κ1) is 14.5. The molecule has 1 aromatic rings. The van der Waals surface area contributed by atoms with Crippen molar-refractivity contribution in [1.82, 2.24) is 5.32 Å². The van der Waals surface area contributed by atoms with Crippen LogP contribution in [0.1, 0.15) is 11.1 Å². The first-order valence-electron chi connectivity index (χ1n) is 5.38. The monoisotopic (exact) mass is 258 g/mol. The third-order valence-corrected chi connectivity index (χ3v) is 2.17. The van der Waals surface area contributed by atoms with Crippen LogP contribution in [0.4, 0.5) is 13.2 Å². The third-order valence-electron chi connectivity index (χ3n) is 2.17. The van der Waals surface area contributed by atoms with E-state index in [0.717, 1.165) is 0 Å². The average Bonchev–Trinajstić information content (AvgIpc) is 2.33. The normalized spacial score (nSPS) is 10.6. The largest absolute Gasteiger partial charge is 0.374 e. The van der Waals surface area contributed by atoms with Crippen LogP contribution in [0.2, 0.25) is 0 Å². The van der Waals surface area contributed by atoms with E-state index >= 15 is 0 Å². The molecule has 0 aromatic heterocycles. The Balaban J connectivity index is 2.31. The molecular formula is C12H13F3N2O. The zero-order valence-corrected chi connectivity index (χ0v) is 9.63. The van der Waals surface area contributed by atoms with Gasteiger partial charge in [-0.3, -0.25) is 0 Å². The Morgan fingerprint density at radius 2 is 2.17 bits per heavy atom. The second-order valence-corrected chi connectivity index (χ2v) is 3.56. The Hall–Kier alpha value is -1.58. The van der Waals surface area contributed by atoms with Gasteiger partial charge in [-0.05, 0) is 23.8 Å². The van der Waals surface area contributed by atoms with Crippen LogP contribution in [-0.4, -0.2) is 26.2 Å². The van der Waals surface area contributed by atoms with E-state index in [1.54, 1.807) is 0 Å². The number of nitriles is 1. The van der Waals surface area contributed by atoms with Crippen molar-refractivity contribution in [3.8, 4) is 6.07 Å². The molecule has 0 aliphatic heterocycles. The number of hydrogen-bond acceptors (Lipinski definition) is 3. The fraction of sp³-hybridized carbons (Fsp3) is 0.417. The molecular weight excluding hydrogens is 245 g/mol. The number of alkyl halides is 2. The van der Waals surface area contributed by atoms with E-state index in [1.807, 2.05) is 6.07 Å². The van der Waals surface area contributed by atoms with E-state index in [-0.39, 0.29) is 6.61 Å². The molecule has 0 spiro atoms. The summed E-state index contributed by atoms with van der Waals surface area (Å²) < 4.78 is 41.1. The maximum absolute atomic E-state index is 13.0. The lowest BCUT2D eigenvalue weighted by molar-refractivity contribution is 0.0187. The first-order valence-corrected chi connectivity index (χ1v) is 5.38. The number of nitrogens with zero attached hydrogens (tertiary/aromatic N) is 1. The molecule has 0 unspecified atom stereocenters. The van der Waals surface area contributed by atoms with Crippen molar-refractivity contribution < 1.29 is 17.9 Å². The second-order valence-electron chi connectivity index (χ2n) is 3.56. The van der Waals surface area contributed by atoms with Gasteiger partial charge in [0.2, 0.25) is 0 Å². The summed E-state index contributed by atoms with van der Waals surface area (Å²) in [5.41, 5.74) is 0.920. The molecule has 6 heteroatoms. The molecule has 0 amide bonds. The minimum Gasteiger partial charge on any atom is -0.374 e. The first-order chi connectivity index (χ1) is 8.63. The molecule has 0 saturated carbocycles. The minimum absolute atomic E-state index is 0.140. The maximum atomic E-state index is 13.0. The smallest absolute Gasteiger partial charge is 0.261 e. The van der Waals surface area contributed by atoms with Gasteiger partial charge in [0.25, 0.3) is 6.43 Å². The second kappa shape index (κ2) is 7.69. The van der Waals surface area contributed by atoms with Crippen molar-refractivity contribution in [3.63, 3.8) is 0 Å². The van der Waals surface area contributed by atoms with Gasteiger partial charge in [-0.15, -0.1) is 0 Å². The SMILES string of the molecule is N#Cc1ccc(F)cc1CNCCOCC(F)F. The quantitative estimate of drug-likeness (QED) is 0.761. The number of rotatable bonds is 7. The standard InChI is InChI=1S/C12H13F3N2O/c13-11-2-1-9(6-16)10(5-11)7-17-3-4-18-8-12(14)15/h1-2,5,12,17H,3-4,7-8H2. The number of nitrogens with one attached hydrogen (secondary N) is 1. The summed E-state index contributed by atoms with van der Waals surface area (Å²) in [6, 6.07) is 5.84. The summed E-state index contributed by atoms with van der Waals surface area (Å²) in [5.74, 6) is -0.417. The Morgan fingerprint density at radius 3 is 2.83 bits per heavy atom. The van der Waals surface area contributed by atoms with Gasteiger partial charge in [0, 0.05) is 13.1 Å². The van der Waals surface area contributed by atoms with Crippen LogP contribution in [-0.2, 0) is 11.3 Å². The van der Waals surface area contributed by atoms with Gasteiger partial charge in [0.05, 0.1) is 18.2 Å². The Kier molecular flexibility index (Phi) is 6.19. The highest BCUT2D eigenvalue weighted by Crippen LogP contribution is 2.09. The molecule has 1 rings (SSSR count). The zero-order valence-electron chi connectivity index (χ0n) is 9.63. The van der Waals surface area contributed by atoms with Gasteiger partial charge in [0.15, 0.2) is 0 Å². The van der Waals surface area contributed by atoms with Crippen LogP contribution in [0.25, 0.3) is 0 Å².